The van der Waals surface area contributed by atoms with Crippen LogP contribution in [-0.4, -0.2) is 24.6 Å². The van der Waals surface area contributed by atoms with E-state index in [-0.39, 0.29) is 12.4 Å². The zero-order chi connectivity index (χ0) is 17.3. The molecule has 1 aromatic carbocycles. The molecule has 0 N–H and O–H groups in total. The van der Waals surface area contributed by atoms with Gasteiger partial charge in [-0.05, 0) is 53.8 Å². The zero-order valence-electron chi connectivity index (χ0n) is 13.0. The van der Waals surface area contributed by atoms with Gasteiger partial charge in [0.25, 0.3) is 0 Å². The third kappa shape index (κ3) is 2.95. The van der Waals surface area contributed by atoms with Crippen molar-refractivity contribution in [2.75, 3.05) is 18.6 Å². The van der Waals surface area contributed by atoms with Crippen LogP contribution in [-0.2, 0) is 4.74 Å². The summed E-state index contributed by atoms with van der Waals surface area (Å²) < 4.78 is 25.8. The number of furan rings is 1. The Morgan fingerprint density at radius 1 is 1.42 bits per heavy atom. The predicted molar refractivity (Wildman–Crippen MR) is 97.1 cm³/mol. The second-order valence-electron chi connectivity index (χ2n) is 5.03. The van der Waals surface area contributed by atoms with E-state index in [4.69, 9.17) is 9.15 Å². The molecular formula is C17H14FIN2O3. The van der Waals surface area contributed by atoms with Gasteiger partial charge in [0.15, 0.2) is 0 Å². The topological polar surface area (TPSA) is 55.6 Å². The number of esters is 1. The van der Waals surface area contributed by atoms with E-state index < -0.39 is 11.8 Å². The number of pyridine rings is 1. The van der Waals surface area contributed by atoms with Gasteiger partial charge in [-0.1, -0.05) is 0 Å². The highest BCUT2D eigenvalue weighted by Gasteiger charge is 2.26. The van der Waals surface area contributed by atoms with Crippen LogP contribution >= 0.6 is 22.6 Å². The summed E-state index contributed by atoms with van der Waals surface area (Å²) in [5.41, 5.74) is 1.24. The van der Waals surface area contributed by atoms with Crippen molar-refractivity contribution in [1.82, 2.24) is 4.98 Å². The molecule has 3 rings (SSSR count). The minimum Gasteiger partial charge on any atom is -0.460 e. The molecule has 124 valence electrons. The van der Waals surface area contributed by atoms with E-state index in [9.17, 15) is 9.18 Å². The molecule has 0 radical (unpaired) electrons. The van der Waals surface area contributed by atoms with Crippen molar-refractivity contribution in [3.63, 3.8) is 0 Å². The van der Waals surface area contributed by atoms with Crippen LogP contribution in [0.15, 0.2) is 41.1 Å². The number of rotatable bonds is 4. The lowest BCUT2D eigenvalue weighted by Gasteiger charge is -2.20. The summed E-state index contributed by atoms with van der Waals surface area (Å²) in [6.45, 7) is 1.93. The maximum absolute atomic E-state index is 14.4. The summed E-state index contributed by atoms with van der Waals surface area (Å²) in [5, 5.41) is 0.612. The Bertz CT molecular complexity index is 910. The molecule has 3 aromatic rings. The first kappa shape index (κ1) is 16.7. The molecule has 0 atom stereocenters. The Hall–Kier alpha value is -2.16. The molecule has 0 aliphatic rings. The third-order valence-corrected chi connectivity index (χ3v) is 4.20. The maximum Gasteiger partial charge on any atom is 0.376 e. The molecule has 0 spiro atoms. The van der Waals surface area contributed by atoms with Crippen molar-refractivity contribution in [3.05, 3.63) is 51.8 Å². The number of fused-ring (bicyclic) bond motifs is 1. The van der Waals surface area contributed by atoms with Crippen LogP contribution in [0.4, 0.5) is 15.8 Å². The quantitative estimate of drug-likeness (QED) is 0.441. The van der Waals surface area contributed by atoms with Crippen LogP contribution in [0, 0.1) is 9.39 Å². The average molecular weight is 440 g/mol. The molecule has 0 unspecified atom stereocenters. The van der Waals surface area contributed by atoms with Crippen molar-refractivity contribution in [3.8, 4) is 0 Å². The number of ether oxygens (including phenoxy) is 1. The first-order valence-corrected chi connectivity index (χ1v) is 8.33. The van der Waals surface area contributed by atoms with E-state index >= 15 is 0 Å². The van der Waals surface area contributed by atoms with Crippen LogP contribution < -0.4 is 4.90 Å². The summed E-state index contributed by atoms with van der Waals surface area (Å²) in [4.78, 5) is 17.9. The van der Waals surface area contributed by atoms with Crippen molar-refractivity contribution in [1.29, 1.82) is 0 Å². The number of anilines is 2. The van der Waals surface area contributed by atoms with Gasteiger partial charge in [-0.3, -0.25) is 4.98 Å². The highest BCUT2D eigenvalue weighted by molar-refractivity contribution is 14.1. The Kier molecular flexibility index (Phi) is 4.70. The van der Waals surface area contributed by atoms with Gasteiger partial charge in [-0.15, -0.1) is 0 Å². The van der Waals surface area contributed by atoms with Gasteiger partial charge in [0.1, 0.15) is 17.1 Å². The molecular weight excluding hydrogens is 426 g/mol. The molecule has 0 aliphatic carbocycles. The molecule has 0 saturated heterocycles. The fourth-order valence-corrected chi connectivity index (χ4v) is 2.92. The predicted octanol–water partition coefficient (Wildman–Crippen LogP) is 4.52. The smallest absolute Gasteiger partial charge is 0.376 e. The van der Waals surface area contributed by atoms with Gasteiger partial charge < -0.3 is 14.1 Å². The van der Waals surface area contributed by atoms with Crippen LogP contribution in [0.1, 0.15) is 17.5 Å². The number of carbonyl (C=O) groups is 1. The summed E-state index contributed by atoms with van der Waals surface area (Å²) in [6.07, 6.45) is 3.15. The molecule has 0 bridgehead atoms. The molecule has 5 nitrogen and oxygen atoms in total. The Morgan fingerprint density at radius 3 is 2.92 bits per heavy atom. The maximum atomic E-state index is 14.4. The van der Waals surface area contributed by atoms with Gasteiger partial charge in [0.2, 0.25) is 5.76 Å². The van der Waals surface area contributed by atoms with Crippen molar-refractivity contribution in [2.45, 2.75) is 6.92 Å². The summed E-state index contributed by atoms with van der Waals surface area (Å²) in [6, 6.07) is 6.53. The number of benzene rings is 1. The zero-order valence-corrected chi connectivity index (χ0v) is 15.2. The average Bonchev–Trinajstić information content (AvgIpc) is 2.94. The number of hydrogen-bond donors (Lipinski definition) is 0. The lowest BCUT2D eigenvalue weighted by Crippen LogP contribution is -2.15. The molecule has 0 amide bonds. The lowest BCUT2D eigenvalue weighted by molar-refractivity contribution is 0.0494. The van der Waals surface area contributed by atoms with Crippen molar-refractivity contribution in [2.24, 2.45) is 0 Å². The van der Waals surface area contributed by atoms with Gasteiger partial charge in [0.05, 0.1) is 17.7 Å². The monoisotopic (exact) mass is 440 g/mol. The largest absolute Gasteiger partial charge is 0.460 e. The molecule has 0 saturated carbocycles. The van der Waals surface area contributed by atoms with E-state index in [1.54, 1.807) is 49.5 Å². The molecule has 7 heteroatoms. The van der Waals surface area contributed by atoms with Gasteiger partial charge in [-0.2, -0.15) is 0 Å². The molecule has 24 heavy (non-hydrogen) atoms. The molecule has 2 heterocycles. The van der Waals surface area contributed by atoms with Gasteiger partial charge >= 0.3 is 5.97 Å². The number of nitrogens with zero attached hydrogens (tertiary/aromatic N) is 2. The second-order valence-corrected chi connectivity index (χ2v) is 6.27. The second kappa shape index (κ2) is 6.76. The Morgan fingerprint density at radius 2 is 2.21 bits per heavy atom. The highest BCUT2D eigenvalue weighted by Crippen LogP contribution is 2.38. The Labute approximate surface area is 151 Å². The molecule has 2 aromatic heterocycles. The van der Waals surface area contributed by atoms with Crippen molar-refractivity contribution >= 4 is 50.9 Å². The van der Waals surface area contributed by atoms with Gasteiger partial charge in [0, 0.05) is 23.0 Å². The first-order chi connectivity index (χ1) is 11.5. The lowest BCUT2D eigenvalue weighted by atomic mass is 10.2. The summed E-state index contributed by atoms with van der Waals surface area (Å²) in [5.74, 6) is -0.959. The van der Waals surface area contributed by atoms with Crippen molar-refractivity contribution < 1.29 is 18.3 Å². The van der Waals surface area contributed by atoms with E-state index in [0.717, 1.165) is 3.57 Å². The molecule has 0 aliphatic heterocycles. The fourth-order valence-electron chi connectivity index (χ4n) is 2.47. The van der Waals surface area contributed by atoms with Crippen LogP contribution in [0.3, 0.4) is 0 Å². The van der Waals surface area contributed by atoms with Crippen LogP contribution in [0.5, 0.6) is 0 Å². The number of halogens is 2. The normalized spacial score (nSPS) is 10.8. The fraction of sp³-hybridized carbons (Fsp3) is 0.176. The SMILES string of the molecule is CCOC(=O)c1oc2ccncc2c1N(C)c1ccc(I)cc1F. The van der Waals surface area contributed by atoms with E-state index in [2.05, 4.69) is 4.98 Å². The summed E-state index contributed by atoms with van der Waals surface area (Å²) >= 11 is 2.04. The van der Waals surface area contributed by atoms with E-state index in [1.165, 1.54) is 6.07 Å². The summed E-state index contributed by atoms with van der Waals surface area (Å²) in [7, 11) is 1.67. The third-order valence-electron chi connectivity index (χ3n) is 3.53. The van der Waals surface area contributed by atoms with E-state index in [0.29, 0.717) is 22.3 Å². The number of hydrogen-bond acceptors (Lipinski definition) is 5. The van der Waals surface area contributed by atoms with Gasteiger partial charge in [-0.25, -0.2) is 9.18 Å². The number of aromatic nitrogens is 1. The van der Waals surface area contributed by atoms with E-state index in [1.807, 2.05) is 22.6 Å². The highest BCUT2D eigenvalue weighted by atomic mass is 127. The Balaban J connectivity index is 2.19. The minimum absolute atomic E-state index is 0.0281. The molecule has 0 fully saturated rings. The van der Waals surface area contributed by atoms with Crippen LogP contribution in [0.25, 0.3) is 11.0 Å². The minimum atomic E-state index is -0.596. The first-order valence-electron chi connectivity index (χ1n) is 7.25. The van der Waals surface area contributed by atoms with Crippen LogP contribution in [0.2, 0.25) is 0 Å². The standard InChI is InChI=1S/C17H14FIN2O3/c1-3-23-17(22)16-15(11-9-20-7-6-14(11)24-16)21(2)13-5-4-10(19)8-12(13)18/h4-9H,3H2,1-2H3. The number of carbonyl (C=O) groups excluding carboxylic acids is 1.